The number of ether oxygens (including phenoxy) is 2. The third-order valence-electron chi connectivity index (χ3n) is 12.2. The van der Waals surface area contributed by atoms with E-state index in [4.69, 9.17) is 9.47 Å². The lowest BCUT2D eigenvalue weighted by Crippen LogP contribution is -2.24. The van der Waals surface area contributed by atoms with Crippen LogP contribution in [0.2, 0.25) is 0 Å². The zero-order valence-electron chi connectivity index (χ0n) is 44.3. The number of anilines is 5. The second-order valence-corrected chi connectivity index (χ2v) is 18.4. The molecule has 8 aromatic rings. The van der Waals surface area contributed by atoms with E-state index in [1.54, 1.807) is 31.3 Å². The van der Waals surface area contributed by atoms with Crippen molar-refractivity contribution < 1.29 is 38.2 Å². The molecule has 0 radical (unpaired) electrons. The molecule has 0 saturated carbocycles. The molecule has 0 aliphatic rings. The van der Waals surface area contributed by atoms with Crippen LogP contribution in [-0.2, 0) is 44.7 Å². The van der Waals surface area contributed by atoms with Crippen molar-refractivity contribution in [2.24, 2.45) is 9.98 Å². The molecule has 0 aromatic heterocycles. The Kier molecular flexibility index (Phi) is 21.8. The number of nitrogens with one attached hydrogen (secondary N) is 6. The summed E-state index contributed by atoms with van der Waals surface area (Å²) >= 11 is 0. The Labute approximate surface area is 464 Å². The number of aryl methyl sites for hydroxylation is 1. The molecule has 0 aliphatic heterocycles. The number of unbranched alkanes of at least 4 members (excludes halogenated alkanes) is 1. The largest absolute Gasteiger partial charge is 0.449 e. The normalized spacial score (nSPS) is 10.2. The molecule has 8 rings (SSSR count). The van der Waals surface area contributed by atoms with Gasteiger partial charge in [-0.2, -0.15) is 9.98 Å². The van der Waals surface area contributed by atoms with Gasteiger partial charge in [-0.1, -0.05) is 115 Å². The van der Waals surface area contributed by atoms with Gasteiger partial charge in [0.25, 0.3) is 0 Å². The smallest absolute Gasteiger partial charge is 0.411 e. The van der Waals surface area contributed by atoms with E-state index < -0.39 is 12.2 Å². The van der Waals surface area contributed by atoms with Crippen LogP contribution in [0.15, 0.2) is 204 Å². The number of amides is 6. The Hall–Kier alpha value is -10.4. The predicted octanol–water partition coefficient (Wildman–Crippen LogP) is 14.0. The summed E-state index contributed by atoms with van der Waals surface area (Å²) in [6.07, 6.45) is 5.97. The minimum Gasteiger partial charge on any atom is -0.449 e. The van der Waals surface area contributed by atoms with Crippen molar-refractivity contribution in [1.29, 1.82) is 0 Å². The molecule has 0 aliphatic carbocycles. The zero-order chi connectivity index (χ0) is 56.3. The predicted molar refractivity (Wildman–Crippen MR) is 313 cm³/mol. The Morgan fingerprint density at radius 3 is 0.887 bits per heavy atom. The molecule has 0 bridgehead atoms. The lowest BCUT2D eigenvalue weighted by Gasteiger charge is -2.10. The van der Waals surface area contributed by atoms with Crippen molar-refractivity contribution >= 4 is 76.2 Å². The molecule has 0 unspecified atom stereocenters. The van der Waals surface area contributed by atoms with Gasteiger partial charge in [-0.15, -0.1) is 0 Å². The fourth-order valence-electron chi connectivity index (χ4n) is 7.99. The first kappa shape index (κ1) is 57.3. The maximum absolute atomic E-state index is 12.7. The van der Waals surface area contributed by atoms with Crippen LogP contribution in [-0.4, -0.2) is 56.7 Å². The number of isocyanates is 2. The third-order valence-corrected chi connectivity index (χ3v) is 12.2. The van der Waals surface area contributed by atoms with Crippen LogP contribution in [0.5, 0.6) is 0 Å². The fraction of sp³-hybridized carbons (Fsp3) is 0.156. The highest BCUT2D eigenvalue weighted by molar-refractivity contribution is 5.99. The van der Waals surface area contributed by atoms with Gasteiger partial charge in [0.05, 0.1) is 24.6 Å². The number of benzene rings is 8. The van der Waals surface area contributed by atoms with Gasteiger partial charge in [-0.05, 0) is 175 Å². The van der Waals surface area contributed by atoms with Crippen LogP contribution in [0.3, 0.4) is 0 Å². The number of hydrogen-bond donors (Lipinski definition) is 6. The first-order chi connectivity index (χ1) is 39.0. The third kappa shape index (κ3) is 19.9. The number of carbonyl (C=O) groups is 4. The van der Waals surface area contributed by atoms with E-state index in [2.05, 4.69) is 73.1 Å². The average Bonchev–Trinajstić information content (AvgIpc) is 3.46. The van der Waals surface area contributed by atoms with Gasteiger partial charge in [-0.25, -0.2) is 28.8 Å². The Bertz CT molecular complexity index is 3320. The van der Waals surface area contributed by atoms with Gasteiger partial charge in [0, 0.05) is 35.5 Å². The van der Waals surface area contributed by atoms with Crippen molar-refractivity contribution in [2.45, 2.75) is 45.4 Å². The van der Waals surface area contributed by atoms with E-state index >= 15 is 0 Å². The molecule has 0 atom stereocenters. The van der Waals surface area contributed by atoms with Gasteiger partial charge in [-0.3, -0.25) is 10.6 Å². The second-order valence-electron chi connectivity index (χ2n) is 18.4. The van der Waals surface area contributed by atoms with Crippen LogP contribution < -0.4 is 31.9 Å². The molecule has 404 valence electrons. The molecule has 16 nitrogen and oxygen atoms in total. The molecule has 8 aromatic carbocycles. The maximum Gasteiger partial charge on any atom is 0.411 e. The summed E-state index contributed by atoms with van der Waals surface area (Å²) in [6.45, 7) is 2.46. The molecule has 0 heterocycles. The molecule has 80 heavy (non-hydrogen) atoms. The van der Waals surface area contributed by atoms with Crippen molar-refractivity contribution in [3.8, 4) is 0 Å². The standard InChI is InChI=1S/C49H50N6O6.C15H10N2O2/c1-34-5-7-35(8-6-34)31-39-15-25-44(26-16-39)54-48(58)60-29-3-4-30-61-49(59)55-45-27-17-40(18-28-45)33-38-13-23-43(24-14-38)53-47(57)52-42-21-11-37(12-22-42)32-36-9-19-41(20-10-36)51-46(56)50-2;18-10-16-14-5-1-12(2-6-14)9-13-3-7-15(8-4-13)17-11-19/h5-28H,3-4,29-33H2,1-2H3,(H,54,58)(H,55,59)(H2,50,51,56)(H2,52,53,57);1-8H,9H2. The summed E-state index contributed by atoms with van der Waals surface area (Å²) in [5.41, 5.74) is 14.6. The quantitative estimate of drug-likeness (QED) is 0.0244. The highest BCUT2D eigenvalue weighted by Crippen LogP contribution is 2.21. The SMILES string of the molecule is CNC(=O)Nc1ccc(Cc2ccc(NC(=O)Nc3ccc(Cc4ccc(NC(=O)OCCCCOC(=O)Nc5ccc(Cc6ccc(C)cc6)cc5)cc4)cc3)cc2)cc1.O=C=Nc1ccc(Cc2ccc(N=C=O)cc2)cc1. The van der Waals surface area contributed by atoms with E-state index in [0.29, 0.717) is 59.8 Å². The Morgan fingerprint density at radius 1 is 0.362 bits per heavy atom. The summed E-state index contributed by atoms with van der Waals surface area (Å²) in [4.78, 5) is 76.0. The van der Waals surface area contributed by atoms with E-state index in [-0.39, 0.29) is 25.3 Å². The van der Waals surface area contributed by atoms with Crippen LogP contribution in [0.25, 0.3) is 0 Å². The summed E-state index contributed by atoms with van der Waals surface area (Å²) in [6, 6.07) is 60.7. The fourth-order valence-corrected chi connectivity index (χ4v) is 7.99. The van der Waals surface area contributed by atoms with Gasteiger partial charge < -0.3 is 30.7 Å². The summed E-state index contributed by atoms with van der Waals surface area (Å²) < 4.78 is 10.6. The van der Waals surface area contributed by atoms with Crippen LogP contribution in [0, 0.1) is 6.92 Å². The summed E-state index contributed by atoms with van der Waals surface area (Å²) in [5, 5.41) is 16.5. The number of urea groups is 2. The van der Waals surface area contributed by atoms with Crippen molar-refractivity contribution in [1.82, 2.24) is 5.32 Å². The molecule has 16 heteroatoms. The molecular formula is C64H60N8O8. The number of rotatable bonds is 20. The van der Waals surface area contributed by atoms with Crippen molar-refractivity contribution in [3.05, 3.63) is 244 Å². The van der Waals surface area contributed by atoms with E-state index in [1.807, 2.05) is 146 Å². The van der Waals surface area contributed by atoms with Crippen LogP contribution >= 0.6 is 0 Å². The van der Waals surface area contributed by atoms with Gasteiger partial charge >= 0.3 is 24.2 Å². The molecule has 0 fully saturated rings. The number of aliphatic imine (C=N–C) groups is 2. The van der Waals surface area contributed by atoms with Crippen molar-refractivity contribution in [3.63, 3.8) is 0 Å². The van der Waals surface area contributed by atoms with Crippen molar-refractivity contribution in [2.75, 3.05) is 46.8 Å². The molecule has 6 amide bonds. The monoisotopic (exact) mass is 1070 g/mol. The topological polar surface area (TPSA) is 218 Å². The van der Waals surface area contributed by atoms with Gasteiger partial charge in [0.15, 0.2) is 0 Å². The summed E-state index contributed by atoms with van der Waals surface area (Å²) in [7, 11) is 1.57. The minimum atomic E-state index is -0.557. The lowest BCUT2D eigenvalue weighted by atomic mass is 10.0. The van der Waals surface area contributed by atoms with E-state index in [1.165, 1.54) is 23.3 Å². The highest BCUT2D eigenvalue weighted by Gasteiger charge is 2.09. The Balaban J connectivity index is 0.000000409. The molecular weight excluding hydrogens is 1010 g/mol. The molecule has 0 spiro atoms. The molecule has 0 saturated heterocycles. The minimum absolute atomic E-state index is 0.190. The Morgan fingerprint density at radius 2 is 0.613 bits per heavy atom. The van der Waals surface area contributed by atoms with Gasteiger partial charge in [0.2, 0.25) is 12.2 Å². The zero-order valence-corrected chi connectivity index (χ0v) is 44.3. The van der Waals surface area contributed by atoms with Crippen LogP contribution in [0.4, 0.5) is 59.0 Å². The lowest BCUT2D eigenvalue weighted by molar-refractivity contribution is 0.143. The van der Waals surface area contributed by atoms with Crippen LogP contribution in [0.1, 0.15) is 62.9 Å². The highest BCUT2D eigenvalue weighted by atomic mass is 16.6. The number of nitrogens with zero attached hydrogens (tertiary/aromatic N) is 2. The van der Waals surface area contributed by atoms with E-state index in [9.17, 15) is 28.8 Å². The van der Waals surface area contributed by atoms with E-state index in [0.717, 1.165) is 57.5 Å². The maximum atomic E-state index is 12.7. The van der Waals surface area contributed by atoms with Gasteiger partial charge in [0.1, 0.15) is 0 Å². The summed E-state index contributed by atoms with van der Waals surface area (Å²) in [5.74, 6) is 0. The average molecular weight is 1070 g/mol. The first-order valence-corrected chi connectivity index (χ1v) is 25.8. The first-order valence-electron chi connectivity index (χ1n) is 25.8. The number of hydrogen-bond acceptors (Lipinski definition) is 10. The number of carbonyl (C=O) groups excluding carboxylic acids is 6. The second kappa shape index (κ2) is 30.4. The molecule has 6 N–H and O–H groups in total.